The van der Waals surface area contributed by atoms with E-state index in [2.05, 4.69) is 6.92 Å². The van der Waals surface area contributed by atoms with Crippen LogP contribution in [0, 0.1) is 0 Å². The fraction of sp³-hybridized carbons (Fsp3) is 0.500. The Morgan fingerprint density at radius 1 is 1.50 bits per heavy atom. The maximum atomic E-state index is 8.82. The van der Waals surface area contributed by atoms with Crippen molar-refractivity contribution in [2.24, 2.45) is 0 Å². The highest BCUT2D eigenvalue weighted by Crippen LogP contribution is 2.27. The number of aliphatic hydroxyl groups is 1. The molecule has 1 atom stereocenters. The molecule has 0 spiro atoms. The molecule has 3 N–H and O–H groups in total. The molecule has 0 aliphatic heterocycles. The number of nitrogens with two attached hydrogens (primary N) is 1. The largest absolute Gasteiger partial charge is 0.496 e. The van der Waals surface area contributed by atoms with E-state index >= 15 is 0 Å². The first-order valence-corrected chi connectivity index (χ1v) is 6.37. The minimum Gasteiger partial charge on any atom is -0.496 e. The van der Waals surface area contributed by atoms with Crippen molar-refractivity contribution in [3.05, 3.63) is 23.8 Å². The number of hydrogen-bond donors (Lipinski definition) is 2. The van der Waals surface area contributed by atoms with Crippen LogP contribution in [0.1, 0.15) is 18.9 Å². The molecular formula is C12H19NO2S. The van der Waals surface area contributed by atoms with Crippen LogP contribution in [0.3, 0.4) is 0 Å². The van der Waals surface area contributed by atoms with E-state index in [0.29, 0.717) is 5.25 Å². The molecule has 1 aromatic rings. The molecule has 1 aromatic carbocycles. The number of hydrogen-bond acceptors (Lipinski definition) is 4. The molecule has 0 amide bonds. The zero-order chi connectivity index (χ0) is 12.0. The molecule has 0 radical (unpaired) electrons. The van der Waals surface area contributed by atoms with Crippen molar-refractivity contribution in [3.8, 4) is 5.75 Å². The molecule has 0 saturated heterocycles. The number of methoxy groups -OCH3 is 1. The Hall–Kier alpha value is -0.870. The zero-order valence-electron chi connectivity index (χ0n) is 9.77. The van der Waals surface area contributed by atoms with Crippen LogP contribution in [-0.2, 0) is 5.75 Å². The molecule has 0 heterocycles. The molecule has 0 bridgehead atoms. The Balaban J connectivity index is 2.61. The summed E-state index contributed by atoms with van der Waals surface area (Å²) in [6, 6.07) is 5.67. The number of ether oxygens (including phenoxy) is 1. The average Bonchev–Trinajstić information content (AvgIpc) is 2.27. The first kappa shape index (κ1) is 13.2. The van der Waals surface area contributed by atoms with Crippen LogP contribution < -0.4 is 10.5 Å². The van der Waals surface area contributed by atoms with Gasteiger partial charge in [0.25, 0.3) is 0 Å². The summed E-state index contributed by atoms with van der Waals surface area (Å²) in [6.45, 7) is 2.35. The summed E-state index contributed by atoms with van der Waals surface area (Å²) in [5.74, 6) is 1.73. The third-order valence-corrected chi connectivity index (χ3v) is 3.65. The van der Waals surface area contributed by atoms with Gasteiger partial charge in [0, 0.05) is 28.9 Å². The number of anilines is 1. The lowest BCUT2D eigenvalue weighted by atomic mass is 10.2. The molecule has 1 rings (SSSR count). The highest BCUT2D eigenvalue weighted by Gasteiger charge is 2.07. The number of thioether (sulfide) groups is 1. The molecule has 90 valence electrons. The second-order valence-electron chi connectivity index (χ2n) is 3.71. The zero-order valence-corrected chi connectivity index (χ0v) is 10.6. The predicted octanol–water partition coefficient (Wildman–Crippen LogP) is 2.28. The van der Waals surface area contributed by atoms with Crippen LogP contribution in [0.4, 0.5) is 5.69 Å². The van der Waals surface area contributed by atoms with Crippen molar-refractivity contribution in [1.82, 2.24) is 0 Å². The first-order chi connectivity index (χ1) is 7.67. The standard InChI is InChI=1S/C12H19NO2S/c1-9(5-6-14)16-8-10-7-11(13)3-4-12(10)15-2/h3-4,7,9,14H,5-6,8,13H2,1-2H3. The number of rotatable bonds is 6. The van der Waals surface area contributed by atoms with Gasteiger partial charge in [0.15, 0.2) is 0 Å². The average molecular weight is 241 g/mol. The lowest BCUT2D eigenvalue weighted by Gasteiger charge is -2.12. The van der Waals surface area contributed by atoms with E-state index in [4.69, 9.17) is 15.6 Å². The topological polar surface area (TPSA) is 55.5 Å². The molecule has 16 heavy (non-hydrogen) atoms. The molecule has 0 aliphatic carbocycles. The van der Waals surface area contributed by atoms with E-state index < -0.39 is 0 Å². The summed E-state index contributed by atoms with van der Waals surface area (Å²) in [4.78, 5) is 0. The van der Waals surface area contributed by atoms with Crippen LogP contribution in [-0.4, -0.2) is 24.1 Å². The van der Waals surface area contributed by atoms with E-state index in [9.17, 15) is 0 Å². The minimum absolute atomic E-state index is 0.238. The highest BCUT2D eigenvalue weighted by atomic mass is 32.2. The van der Waals surface area contributed by atoms with Gasteiger partial charge in [-0.2, -0.15) is 11.8 Å². The van der Waals surface area contributed by atoms with Gasteiger partial charge >= 0.3 is 0 Å². The molecule has 0 fully saturated rings. The van der Waals surface area contributed by atoms with Gasteiger partial charge in [-0.1, -0.05) is 6.92 Å². The lowest BCUT2D eigenvalue weighted by Crippen LogP contribution is -2.01. The Morgan fingerprint density at radius 3 is 2.88 bits per heavy atom. The van der Waals surface area contributed by atoms with Crippen LogP contribution in [0.5, 0.6) is 5.75 Å². The summed E-state index contributed by atoms with van der Waals surface area (Å²) in [5.41, 5.74) is 7.61. The fourth-order valence-corrected chi connectivity index (χ4v) is 2.37. The maximum Gasteiger partial charge on any atom is 0.123 e. The van der Waals surface area contributed by atoms with Gasteiger partial charge in [0.2, 0.25) is 0 Å². The van der Waals surface area contributed by atoms with E-state index in [1.54, 1.807) is 18.9 Å². The van der Waals surface area contributed by atoms with E-state index in [-0.39, 0.29) is 6.61 Å². The molecule has 1 unspecified atom stereocenters. The van der Waals surface area contributed by atoms with Crippen molar-refractivity contribution in [1.29, 1.82) is 0 Å². The summed E-state index contributed by atoms with van der Waals surface area (Å²) in [7, 11) is 1.66. The van der Waals surface area contributed by atoms with Crippen LogP contribution in [0.25, 0.3) is 0 Å². The fourth-order valence-electron chi connectivity index (χ4n) is 1.41. The van der Waals surface area contributed by atoms with E-state index in [1.165, 1.54) is 0 Å². The molecule has 4 heteroatoms. The molecule has 0 aliphatic rings. The van der Waals surface area contributed by atoms with Crippen LogP contribution in [0.2, 0.25) is 0 Å². The Labute approximate surface area is 101 Å². The second-order valence-corrected chi connectivity index (χ2v) is 5.13. The summed E-state index contributed by atoms with van der Waals surface area (Å²) < 4.78 is 5.27. The number of aliphatic hydroxyl groups excluding tert-OH is 1. The van der Waals surface area contributed by atoms with Crippen LogP contribution in [0.15, 0.2) is 18.2 Å². The first-order valence-electron chi connectivity index (χ1n) is 5.32. The van der Waals surface area contributed by atoms with Crippen molar-refractivity contribution in [3.63, 3.8) is 0 Å². The quantitative estimate of drug-likeness (QED) is 0.750. The molecule has 0 aromatic heterocycles. The second kappa shape index (κ2) is 6.66. The van der Waals surface area contributed by atoms with Crippen molar-refractivity contribution in [2.75, 3.05) is 19.5 Å². The minimum atomic E-state index is 0.238. The van der Waals surface area contributed by atoms with Gasteiger partial charge in [-0.15, -0.1) is 0 Å². The van der Waals surface area contributed by atoms with Gasteiger partial charge in [0.1, 0.15) is 5.75 Å². The van der Waals surface area contributed by atoms with Crippen molar-refractivity contribution >= 4 is 17.4 Å². The van der Waals surface area contributed by atoms with Gasteiger partial charge in [-0.3, -0.25) is 0 Å². The van der Waals surface area contributed by atoms with Crippen LogP contribution >= 0.6 is 11.8 Å². The molecular weight excluding hydrogens is 222 g/mol. The van der Waals surface area contributed by atoms with Gasteiger partial charge in [-0.05, 0) is 24.6 Å². The van der Waals surface area contributed by atoms with E-state index in [1.807, 2.05) is 18.2 Å². The summed E-state index contributed by atoms with van der Waals surface area (Å²) in [5, 5.41) is 9.26. The maximum absolute atomic E-state index is 8.82. The monoisotopic (exact) mass is 241 g/mol. The van der Waals surface area contributed by atoms with Crippen molar-refractivity contribution < 1.29 is 9.84 Å². The normalized spacial score (nSPS) is 12.4. The Bertz CT molecular complexity index is 331. The van der Waals surface area contributed by atoms with E-state index in [0.717, 1.165) is 29.2 Å². The molecule has 3 nitrogen and oxygen atoms in total. The number of benzene rings is 1. The predicted molar refractivity (Wildman–Crippen MR) is 69.9 cm³/mol. The summed E-state index contributed by atoms with van der Waals surface area (Å²) in [6.07, 6.45) is 0.815. The third-order valence-electron chi connectivity index (χ3n) is 2.36. The lowest BCUT2D eigenvalue weighted by molar-refractivity contribution is 0.289. The Kier molecular flexibility index (Phi) is 5.49. The smallest absolute Gasteiger partial charge is 0.123 e. The van der Waals surface area contributed by atoms with Gasteiger partial charge < -0.3 is 15.6 Å². The third kappa shape index (κ3) is 3.94. The van der Waals surface area contributed by atoms with Gasteiger partial charge in [-0.25, -0.2) is 0 Å². The SMILES string of the molecule is COc1ccc(N)cc1CSC(C)CCO. The summed E-state index contributed by atoms with van der Waals surface area (Å²) >= 11 is 1.80. The Morgan fingerprint density at radius 2 is 2.25 bits per heavy atom. The van der Waals surface area contributed by atoms with Gasteiger partial charge in [0.05, 0.1) is 7.11 Å². The molecule has 0 saturated carbocycles. The number of nitrogen functional groups attached to an aromatic ring is 1. The highest BCUT2D eigenvalue weighted by molar-refractivity contribution is 7.99. The van der Waals surface area contributed by atoms with Crippen molar-refractivity contribution in [2.45, 2.75) is 24.3 Å².